The van der Waals surface area contributed by atoms with Gasteiger partial charge in [-0.25, -0.2) is 0 Å². The minimum absolute atomic E-state index is 0.0740. The van der Waals surface area contributed by atoms with Crippen molar-refractivity contribution >= 4 is 11.8 Å². The molecule has 3 rings (SSSR count). The molecule has 118 valence electrons. The van der Waals surface area contributed by atoms with E-state index in [-0.39, 0.29) is 17.4 Å². The Kier molecular flexibility index (Phi) is 4.20. The molecule has 0 radical (unpaired) electrons. The van der Waals surface area contributed by atoms with Crippen LogP contribution in [-0.2, 0) is 9.59 Å². The number of nitrogens with zero attached hydrogens (tertiary/aromatic N) is 2. The van der Waals surface area contributed by atoms with Gasteiger partial charge >= 0.3 is 0 Å². The van der Waals surface area contributed by atoms with Gasteiger partial charge in [-0.3, -0.25) is 14.5 Å². The zero-order chi connectivity index (χ0) is 14.9. The summed E-state index contributed by atoms with van der Waals surface area (Å²) in [6, 6.07) is 0.0740. The number of hydrogen-bond donors (Lipinski definition) is 1. The van der Waals surface area contributed by atoms with E-state index in [1.54, 1.807) is 0 Å². The van der Waals surface area contributed by atoms with Gasteiger partial charge in [0.2, 0.25) is 11.8 Å². The number of nitrogens with one attached hydrogen (secondary N) is 1. The van der Waals surface area contributed by atoms with Gasteiger partial charge in [-0.05, 0) is 44.7 Å². The molecule has 3 saturated heterocycles. The van der Waals surface area contributed by atoms with Crippen molar-refractivity contribution in [1.29, 1.82) is 0 Å². The van der Waals surface area contributed by atoms with Crippen LogP contribution in [-0.4, -0.2) is 60.9 Å². The smallest absolute Gasteiger partial charge is 0.239 e. The van der Waals surface area contributed by atoms with Crippen LogP contribution in [0.4, 0.5) is 0 Å². The third kappa shape index (κ3) is 3.07. The van der Waals surface area contributed by atoms with Gasteiger partial charge in [-0.1, -0.05) is 12.8 Å². The van der Waals surface area contributed by atoms with E-state index in [1.165, 1.54) is 12.8 Å². The molecule has 0 aliphatic carbocycles. The lowest BCUT2D eigenvalue weighted by molar-refractivity contribution is -0.138. The Hall–Kier alpha value is -1.10. The fourth-order valence-corrected chi connectivity index (χ4v) is 4.08. The Morgan fingerprint density at radius 3 is 2.62 bits per heavy atom. The van der Waals surface area contributed by atoms with Crippen LogP contribution < -0.4 is 5.32 Å². The first-order chi connectivity index (χ1) is 10.1. The van der Waals surface area contributed by atoms with Crippen LogP contribution in [0.2, 0.25) is 0 Å². The maximum absolute atomic E-state index is 12.8. The molecule has 3 aliphatic rings. The van der Waals surface area contributed by atoms with E-state index in [1.807, 2.05) is 4.90 Å². The largest absolute Gasteiger partial charge is 0.356 e. The van der Waals surface area contributed by atoms with Crippen LogP contribution in [0.3, 0.4) is 0 Å². The first-order valence-corrected chi connectivity index (χ1v) is 8.35. The van der Waals surface area contributed by atoms with Gasteiger partial charge < -0.3 is 10.2 Å². The van der Waals surface area contributed by atoms with E-state index in [0.29, 0.717) is 12.3 Å². The van der Waals surface area contributed by atoms with Crippen LogP contribution in [0.5, 0.6) is 0 Å². The van der Waals surface area contributed by atoms with Gasteiger partial charge in [0.15, 0.2) is 0 Å². The van der Waals surface area contributed by atoms with Crippen molar-refractivity contribution in [2.24, 2.45) is 5.41 Å². The first-order valence-electron chi connectivity index (χ1n) is 8.35. The number of rotatable bonds is 1. The maximum Gasteiger partial charge on any atom is 0.239 e. The predicted octanol–water partition coefficient (Wildman–Crippen LogP) is 0.989. The Balaban J connectivity index is 1.58. The van der Waals surface area contributed by atoms with Gasteiger partial charge in [-0.2, -0.15) is 0 Å². The highest BCUT2D eigenvalue weighted by Gasteiger charge is 2.42. The van der Waals surface area contributed by atoms with E-state index >= 15 is 0 Å². The molecule has 0 saturated carbocycles. The molecule has 1 unspecified atom stereocenters. The molecule has 3 fully saturated rings. The molecule has 1 spiro atoms. The molecule has 3 heterocycles. The van der Waals surface area contributed by atoms with Crippen LogP contribution in [0, 0.1) is 5.41 Å². The third-order valence-electron chi connectivity index (χ3n) is 5.64. The summed E-state index contributed by atoms with van der Waals surface area (Å²) in [6.45, 7) is 3.47. The van der Waals surface area contributed by atoms with Gasteiger partial charge in [-0.15, -0.1) is 0 Å². The summed E-state index contributed by atoms with van der Waals surface area (Å²) < 4.78 is 0. The lowest BCUT2D eigenvalue weighted by Crippen LogP contribution is -2.51. The molecule has 1 N–H and O–H groups in total. The minimum atomic E-state index is 0.0740. The van der Waals surface area contributed by atoms with E-state index < -0.39 is 0 Å². The lowest BCUT2D eigenvalue weighted by atomic mass is 9.77. The molecule has 3 aliphatic heterocycles. The van der Waals surface area contributed by atoms with Crippen LogP contribution in [0.25, 0.3) is 0 Å². The second-order valence-corrected chi connectivity index (χ2v) is 7.12. The number of piperidine rings is 1. The van der Waals surface area contributed by atoms with Gasteiger partial charge in [0.1, 0.15) is 0 Å². The van der Waals surface area contributed by atoms with Gasteiger partial charge in [0, 0.05) is 26.1 Å². The Morgan fingerprint density at radius 1 is 1.19 bits per heavy atom. The quantitative estimate of drug-likeness (QED) is 0.784. The van der Waals surface area contributed by atoms with E-state index in [2.05, 4.69) is 17.3 Å². The second kappa shape index (κ2) is 5.95. The third-order valence-corrected chi connectivity index (χ3v) is 5.64. The van der Waals surface area contributed by atoms with Crippen molar-refractivity contribution in [3.8, 4) is 0 Å². The minimum Gasteiger partial charge on any atom is -0.356 e. The fraction of sp³-hybridized carbons (Fsp3) is 0.875. The van der Waals surface area contributed by atoms with E-state index in [9.17, 15) is 9.59 Å². The van der Waals surface area contributed by atoms with Crippen molar-refractivity contribution < 1.29 is 9.59 Å². The summed E-state index contributed by atoms with van der Waals surface area (Å²) in [6.07, 6.45) is 7.19. The molecule has 0 bridgehead atoms. The number of likely N-dealkylation sites (tertiary alicyclic amines) is 2. The van der Waals surface area contributed by atoms with Crippen molar-refractivity contribution in [1.82, 2.24) is 15.1 Å². The number of amides is 2. The average molecular weight is 293 g/mol. The average Bonchev–Trinajstić information content (AvgIpc) is 2.70. The molecular formula is C16H27N3O2. The number of carbonyl (C=O) groups excluding carboxylic acids is 2. The molecule has 5 nitrogen and oxygen atoms in total. The predicted molar refractivity (Wildman–Crippen MR) is 80.8 cm³/mol. The van der Waals surface area contributed by atoms with Gasteiger partial charge in [0.05, 0.1) is 6.04 Å². The standard InChI is InChI=1S/C16H27N3O2/c1-18-8-4-2-3-5-13(18)15(21)19-9-6-16(7-10-19)11-14(20)17-12-16/h13H,2-12H2,1H3,(H,17,20). The normalized spacial score (nSPS) is 30.2. The topological polar surface area (TPSA) is 52.7 Å². The van der Waals surface area contributed by atoms with Crippen molar-refractivity contribution in [3.63, 3.8) is 0 Å². The fourth-order valence-electron chi connectivity index (χ4n) is 4.08. The summed E-state index contributed by atoms with van der Waals surface area (Å²) in [5.41, 5.74) is 0.128. The van der Waals surface area contributed by atoms with Crippen LogP contribution >= 0.6 is 0 Å². The first kappa shape index (κ1) is 14.8. The molecular weight excluding hydrogens is 266 g/mol. The van der Waals surface area contributed by atoms with E-state index in [4.69, 9.17) is 0 Å². The molecule has 0 aromatic rings. The second-order valence-electron chi connectivity index (χ2n) is 7.12. The van der Waals surface area contributed by atoms with Gasteiger partial charge in [0.25, 0.3) is 0 Å². The molecule has 1 atom stereocenters. The van der Waals surface area contributed by atoms with Crippen LogP contribution in [0.1, 0.15) is 44.9 Å². The highest BCUT2D eigenvalue weighted by Crippen LogP contribution is 2.37. The molecule has 5 heteroatoms. The summed E-state index contributed by atoms with van der Waals surface area (Å²) in [7, 11) is 2.08. The molecule has 21 heavy (non-hydrogen) atoms. The number of likely N-dealkylation sites (N-methyl/N-ethyl adjacent to an activating group) is 1. The highest BCUT2D eigenvalue weighted by molar-refractivity contribution is 5.82. The highest BCUT2D eigenvalue weighted by atomic mass is 16.2. The number of hydrogen-bond acceptors (Lipinski definition) is 3. The van der Waals surface area contributed by atoms with E-state index in [0.717, 1.165) is 51.9 Å². The lowest BCUT2D eigenvalue weighted by Gasteiger charge is -2.40. The monoisotopic (exact) mass is 293 g/mol. The number of carbonyl (C=O) groups is 2. The maximum atomic E-state index is 12.8. The summed E-state index contributed by atoms with van der Waals surface area (Å²) in [5, 5.41) is 2.95. The summed E-state index contributed by atoms with van der Waals surface area (Å²) >= 11 is 0. The molecule has 2 amide bonds. The molecule has 0 aromatic carbocycles. The van der Waals surface area contributed by atoms with Crippen molar-refractivity contribution in [3.05, 3.63) is 0 Å². The van der Waals surface area contributed by atoms with Crippen molar-refractivity contribution in [2.45, 2.75) is 51.0 Å². The van der Waals surface area contributed by atoms with Crippen molar-refractivity contribution in [2.75, 3.05) is 33.2 Å². The Morgan fingerprint density at radius 2 is 1.95 bits per heavy atom. The Bertz CT molecular complexity index is 416. The summed E-state index contributed by atoms with van der Waals surface area (Å²) in [5.74, 6) is 0.491. The zero-order valence-electron chi connectivity index (χ0n) is 13.1. The zero-order valence-corrected chi connectivity index (χ0v) is 13.1. The summed E-state index contributed by atoms with van der Waals surface area (Å²) in [4.78, 5) is 28.5. The Labute approximate surface area is 127 Å². The molecule has 0 aromatic heterocycles. The SMILES string of the molecule is CN1CCCCCC1C(=O)N1CCC2(CC1)CNC(=O)C2. The van der Waals surface area contributed by atoms with Crippen LogP contribution in [0.15, 0.2) is 0 Å².